The molecular formula is C24H20BrN3O2. The van der Waals surface area contributed by atoms with Gasteiger partial charge >= 0.3 is 6.03 Å². The van der Waals surface area contributed by atoms with Crippen molar-refractivity contribution in [1.82, 2.24) is 10.6 Å². The lowest BCUT2D eigenvalue weighted by Gasteiger charge is -2.29. The Morgan fingerprint density at radius 3 is 2.53 bits per heavy atom. The van der Waals surface area contributed by atoms with Crippen molar-refractivity contribution in [3.05, 3.63) is 87.0 Å². The van der Waals surface area contributed by atoms with Crippen LogP contribution in [-0.2, 0) is 17.6 Å². The molecule has 0 bridgehead atoms. The van der Waals surface area contributed by atoms with Crippen LogP contribution in [0.3, 0.4) is 0 Å². The van der Waals surface area contributed by atoms with E-state index in [1.807, 2.05) is 30.3 Å². The summed E-state index contributed by atoms with van der Waals surface area (Å²) in [6.07, 6.45) is 2.06. The Kier molecular flexibility index (Phi) is 4.59. The van der Waals surface area contributed by atoms with Crippen LogP contribution in [0, 0.1) is 0 Å². The first kappa shape index (κ1) is 18.9. The van der Waals surface area contributed by atoms with Crippen LogP contribution in [0.4, 0.5) is 10.5 Å². The highest BCUT2D eigenvalue weighted by Crippen LogP contribution is 2.38. The van der Waals surface area contributed by atoms with Crippen LogP contribution in [-0.4, -0.2) is 11.9 Å². The summed E-state index contributed by atoms with van der Waals surface area (Å²) in [5, 5.41) is 11.0. The number of carbonyl (C=O) groups is 2. The van der Waals surface area contributed by atoms with Gasteiger partial charge in [0.1, 0.15) is 0 Å². The van der Waals surface area contributed by atoms with Crippen molar-refractivity contribution in [2.24, 2.45) is 0 Å². The minimum atomic E-state index is -0.529. The van der Waals surface area contributed by atoms with E-state index in [0.717, 1.165) is 28.3 Å². The number of hydrogen-bond acceptors (Lipinski definition) is 2. The van der Waals surface area contributed by atoms with Gasteiger partial charge in [0.05, 0.1) is 11.6 Å². The van der Waals surface area contributed by atoms with Crippen LogP contribution in [0.5, 0.6) is 0 Å². The Morgan fingerprint density at radius 1 is 1.03 bits per heavy atom. The van der Waals surface area contributed by atoms with E-state index >= 15 is 0 Å². The van der Waals surface area contributed by atoms with Crippen molar-refractivity contribution in [2.45, 2.75) is 25.8 Å². The van der Waals surface area contributed by atoms with Gasteiger partial charge in [-0.3, -0.25) is 4.79 Å². The zero-order valence-corrected chi connectivity index (χ0v) is 18.0. The molecule has 0 fully saturated rings. The molecule has 0 radical (unpaired) electrons. The van der Waals surface area contributed by atoms with E-state index in [4.69, 9.17) is 0 Å². The molecule has 3 aromatic carbocycles. The zero-order valence-electron chi connectivity index (χ0n) is 16.4. The summed E-state index contributed by atoms with van der Waals surface area (Å²) in [5.41, 5.74) is 5.35. The predicted molar refractivity (Wildman–Crippen MR) is 121 cm³/mol. The van der Waals surface area contributed by atoms with Gasteiger partial charge in [-0.1, -0.05) is 46.3 Å². The van der Waals surface area contributed by atoms with Crippen LogP contribution < -0.4 is 16.0 Å². The summed E-state index contributed by atoms with van der Waals surface area (Å²) in [4.78, 5) is 25.6. The molecule has 0 spiro atoms. The van der Waals surface area contributed by atoms with Crippen LogP contribution >= 0.6 is 15.9 Å². The average Bonchev–Trinajstić information content (AvgIpc) is 3.14. The molecule has 1 atom stereocenters. The summed E-state index contributed by atoms with van der Waals surface area (Å²) >= 11 is 3.40. The quantitative estimate of drug-likeness (QED) is 0.515. The first-order valence-electron chi connectivity index (χ1n) is 9.90. The normalized spacial score (nSPS) is 17.7. The molecule has 1 aliphatic heterocycles. The van der Waals surface area contributed by atoms with Crippen molar-refractivity contribution in [3.8, 4) is 0 Å². The lowest BCUT2D eigenvalue weighted by Crippen LogP contribution is -2.46. The second-order valence-electron chi connectivity index (χ2n) is 7.68. The fourth-order valence-electron chi connectivity index (χ4n) is 4.48. The summed E-state index contributed by atoms with van der Waals surface area (Å²) in [5.74, 6) is -0.240. The van der Waals surface area contributed by atoms with Crippen LogP contribution in [0.15, 0.2) is 70.3 Å². The summed E-state index contributed by atoms with van der Waals surface area (Å²) < 4.78 is 0.938. The molecule has 0 saturated heterocycles. The molecule has 5 rings (SSSR count). The van der Waals surface area contributed by atoms with Gasteiger partial charge in [-0.25, -0.2) is 4.79 Å². The molecule has 0 saturated carbocycles. The fraction of sp³-hybridized carbons (Fsp3) is 0.167. The Bertz CT molecular complexity index is 1220. The van der Waals surface area contributed by atoms with Crippen molar-refractivity contribution in [3.63, 3.8) is 0 Å². The van der Waals surface area contributed by atoms with Gasteiger partial charge in [-0.05, 0) is 71.5 Å². The number of rotatable bonds is 3. The van der Waals surface area contributed by atoms with Crippen molar-refractivity contribution < 1.29 is 9.59 Å². The second-order valence-corrected chi connectivity index (χ2v) is 8.60. The van der Waals surface area contributed by atoms with E-state index in [0.29, 0.717) is 17.0 Å². The fourth-order valence-corrected chi connectivity index (χ4v) is 4.75. The molecule has 150 valence electrons. The molecule has 1 heterocycles. The number of amides is 3. The lowest BCUT2D eigenvalue weighted by molar-refractivity contribution is -0.113. The van der Waals surface area contributed by atoms with E-state index in [1.54, 1.807) is 6.92 Å². The summed E-state index contributed by atoms with van der Waals surface area (Å²) in [6.45, 7) is 1.77. The maximum Gasteiger partial charge on any atom is 0.319 e. The highest BCUT2D eigenvalue weighted by molar-refractivity contribution is 9.10. The molecule has 0 aromatic heterocycles. The molecule has 30 heavy (non-hydrogen) atoms. The molecule has 1 unspecified atom stereocenters. The second kappa shape index (κ2) is 7.29. The van der Waals surface area contributed by atoms with E-state index < -0.39 is 6.04 Å². The molecule has 6 heteroatoms. The van der Waals surface area contributed by atoms with Gasteiger partial charge < -0.3 is 16.0 Å². The Morgan fingerprint density at radius 2 is 1.77 bits per heavy atom. The van der Waals surface area contributed by atoms with E-state index in [2.05, 4.69) is 56.1 Å². The smallest absolute Gasteiger partial charge is 0.319 e. The minimum Gasteiger partial charge on any atom is -0.327 e. The van der Waals surface area contributed by atoms with Crippen LogP contribution in [0.2, 0.25) is 0 Å². The average molecular weight is 462 g/mol. The molecule has 2 aliphatic rings. The predicted octanol–water partition coefficient (Wildman–Crippen LogP) is 4.97. The number of hydrogen-bond donors (Lipinski definition) is 3. The lowest BCUT2D eigenvalue weighted by atomic mass is 9.89. The molecule has 3 N–H and O–H groups in total. The number of urea groups is 1. The number of benzene rings is 3. The largest absolute Gasteiger partial charge is 0.327 e. The van der Waals surface area contributed by atoms with Crippen molar-refractivity contribution in [2.75, 3.05) is 5.32 Å². The van der Waals surface area contributed by atoms with Gasteiger partial charge in [-0.15, -0.1) is 0 Å². The number of allylic oxidation sites excluding steroid dienone is 1. The molecule has 3 aromatic rings. The number of nitrogens with one attached hydrogen (secondary N) is 3. The zero-order chi connectivity index (χ0) is 20.8. The van der Waals surface area contributed by atoms with E-state index in [1.165, 1.54) is 16.5 Å². The maximum absolute atomic E-state index is 13.3. The van der Waals surface area contributed by atoms with Crippen LogP contribution in [0.25, 0.3) is 10.8 Å². The van der Waals surface area contributed by atoms with Gasteiger partial charge in [-0.2, -0.15) is 0 Å². The van der Waals surface area contributed by atoms with E-state index in [9.17, 15) is 9.59 Å². The Labute approximate surface area is 182 Å². The third-order valence-electron chi connectivity index (χ3n) is 5.84. The van der Waals surface area contributed by atoms with Gasteiger partial charge in [0.25, 0.3) is 5.91 Å². The molecule has 5 nitrogen and oxygen atoms in total. The number of aryl methyl sites for hydroxylation is 2. The summed E-state index contributed by atoms with van der Waals surface area (Å²) in [7, 11) is 0. The highest BCUT2D eigenvalue weighted by Gasteiger charge is 2.33. The monoisotopic (exact) mass is 461 g/mol. The SMILES string of the molecule is CC1=C(C(=O)Nc2ccc(Br)cc2)C(c2ccc3c4c(cccc24)CC3)NC(=O)N1. The van der Waals surface area contributed by atoms with Crippen LogP contribution in [0.1, 0.15) is 29.7 Å². The third kappa shape index (κ3) is 3.17. The first-order valence-corrected chi connectivity index (χ1v) is 10.7. The van der Waals surface area contributed by atoms with Crippen molar-refractivity contribution >= 4 is 44.3 Å². The number of carbonyl (C=O) groups excluding carboxylic acids is 2. The van der Waals surface area contributed by atoms with Crippen molar-refractivity contribution in [1.29, 1.82) is 0 Å². The Balaban J connectivity index is 1.59. The van der Waals surface area contributed by atoms with Gasteiger partial charge in [0.15, 0.2) is 0 Å². The third-order valence-corrected chi connectivity index (χ3v) is 6.37. The number of anilines is 1. The van der Waals surface area contributed by atoms with E-state index in [-0.39, 0.29) is 11.9 Å². The maximum atomic E-state index is 13.3. The number of halogens is 1. The molecule has 3 amide bonds. The minimum absolute atomic E-state index is 0.240. The Hall–Kier alpha value is -3.12. The van der Waals surface area contributed by atoms with Gasteiger partial charge in [0, 0.05) is 15.9 Å². The topological polar surface area (TPSA) is 70.2 Å². The molecular weight excluding hydrogens is 442 g/mol. The standard InChI is InChI=1S/C24H20BrN3O2/c1-13-20(23(29)27-17-10-8-16(25)9-11-17)22(28-24(30)26-13)19-12-7-15-6-5-14-3-2-4-18(19)21(14)15/h2-4,7-12,22H,5-6H2,1H3,(H,27,29)(H2,26,28,30). The van der Waals surface area contributed by atoms with Gasteiger partial charge in [0.2, 0.25) is 0 Å². The summed E-state index contributed by atoms with van der Waals surface area (Å²) in [6, 6.07) is 17.0. The molecule has 1 aliphatic carbocycles. The highest BCUT2D eigenvalue weighted by atomic mass is 79.9. The first-order chi connectivity index (χ1) is 14.5.